The van der Waals surface area contributed by atoms with Crippen LogP contribution >= 0.6 is 11.3 Å². The average molecular weight is 291 g/mol. The van der Waals surface area contributed by atoms with Crippen molar-refractivity contribution in [3.05, 3.63) is 38.8 Å². The van der Waals surface area contributed by atoms with Crippen LogP contribution in [-0.4, -0.2) is 16.3 Å². The Hall–Kier alpha value is -1.13. The van der Waals surface area contributed by atoms with Gasteiger partial charge >= 0.3 is 0 Å². The number of aromatic nitrogens is 2. The molecule has 1 atom stereocenters. The summed E-state index contributed by atoms with van der Waals surface area (Å²) in [5.41, 5.74) is 5.25. The molecule has 2 aromatic heterocycles. The van der Waals surface area contributed by atoms with Gasteiger partial charge in [-0.3, -0.25) is 4.68 Å². The lowest BCUT2D eigenvalue weighted by atomic mass is 9.98. The predicted octanol–water partition coefficient (Wildman–Crippen LogP) is 3.69. The molecule has 0 radical (unpaired) electrons. The summed E-state index contributed by atoms with van der Waals surface area (Å²) < 4.78 is 1.99. The average Bonchev–Trinajstić information content (AvgIpc) is 2.93. The molecule has 2 heterocycles. The highest BCUT2D eigenvalue weighted by atomic mass is 32.1. The van der Waals surface area contributed by atoms with Gasteiger partial charge in [-0.05, 0) is 62.7 Å². The van der Waals surface area contributed by atoms with E-state index in [-0.39, 0.29) is 0 Å². The second-order valence-electron chi connectivity index (χ2n) is 5.42. The van der Waals surface area contributed by atoms with Gasteiger partial charge in [0.1, 0.15) is 0 Å². The quantitative estimate of drug-likeness (QED) is 0.879. The molecule has 0 aliphatic heterocycles. The van der Waals surface area contributed by atoms with Crippen molar-refractivity contribution in [1.29, 1.82) is 0 Å². The second kappa shape index (κ2) is 6.55. The number of rotatable bonds is 6. The van der Waals surface area contributed by atoms with E-state index < -0.39 is 0 Å². The van der Waals surface area contributed by atoms with Gasteiger partial charge in [0, 0.05) is 23.7 Å². The van der Waals surface area contributed by atoms with E-state index in [0.717, 1.165) is 25.1 Å². The fourth-order valence-electron chi connectivity index (χ4n) is 2.68. The van der Waals surface area contributed by atoms with Gasteiger partial charge in [-0.25, -0.2) is 0 Å². The van der Waals surface area contributed by atoms with Crippen molar-refractivity contribution >= 4 is 11.3 Å². The Kier molecular flexibility index (Phi) is 5.00. The number of aryl methyl sites for hydroxylation is 3. The van der Waals surface area contributed by atoms with Gasteiger partial charge in [0.05, 0.1) is 5.69 Å². The van der Waals surface area contributed by atoms with Crippen LogP contribution in [0.1, 0.15) is 46.8 Å². The highest BCUT2D eigenvalue weighted by Crippen LogP contribution is 2.27. The van der Waals surface area contributed by atoms with E-state index in [9.17, 15) is 0 Å². The molecule has 20 heavy (non-hydrogen) atoms. The zero-order valence-electron chi connectivity index (χ0n) is 13.2. The third-order valence-corrected chi connectivity index (χ3v) is 4.84. The summed E-state index contributed by atoms with van der Waals surface area (Å²) >= 11 is 1.83. The first-order valence-corrected chi connectivity index (χ1v) is 8.19. The summed E-state index contributed by atoms with van der Waals surface area (Å²) in [5, 5.41) is 10.4. The van der Waals surface area contributed by atoms with Gasteiger partial charge in [0.25, 0.3) is 0 Å². The molecule has 1 N–H and O–H groups in total. The highest BCUT2D eigenvalue weighted by Gasteiger charge is 2.19. The molecular weight excluding hydrogens is 266 g/mol. The van der Waals surface area contributed by atoms with Gasteiger partial charge in [-0.1, -0.05) is 6.92 Å². The van der Waals surface area contributed by atoms with E-state index in [2.05, 4.69) is 49.6 Å². The van der Waals surface area contributed by atoms with Crippen molar-refractivity contribution in [3.8, 4) is 0 Å². The van der Waals surface area contributed by atoms with Crippen molar-refractivity contribution in [2.75, 3.05) is 6.54 Å². The van der Waals surface area contributed by atoms with Crippen LogP contribution in [0, 0.1) is 20.8 Å². The van der Waals surface area contributed by atoms with Crippen molar-refractivity contribution < 1.29 is 0 Å². The maximum atomic E-state index is 4.54. The van der Waals surface area contributed by atoms with Crippen molar-refractivity contribution in [1.82, 2.24) is 15.1 Å². The van der Waals surface area contributed by atoms with Crippen LogP contribution in [0.2, 0.25) is 0 Å². The molecule has 0 aliphatic rings. The number of thiophene rings is 1. The van der Waals surface area contributed by atoms with Crippen LogP contribution in [0.5, 0.6) is 0 Å². The van der Waals surface area contributed by atoms with E-state index in [1.54, 1.807) is 0 Å². The molecule has 0 aromatic carbocycles. The van der Waals surface area contributed by atoms with Crippen LogP contribution in [0.25, 0.3) is 0 Å². The van der Waals surface area contributed by atoms with E-state index in [0.29, 0.717) is 6.04 Å². The van der Waals surface area contributed by atoms with Gasteiger partial charge in [0.2, 0.25) is 0 Å². The van der Waals surface area contributed by atoms with Crippen LogP contribution in [0.15, 0.2) is 11.4 Å². The molecule has 0 spiro atoms. The molecule has 1 unspecified atom stereocenters. The predicted molar refractivity (Wildman–Crippen MR) is 86.5 cm³/mol. The molecule has 110 valence electrons. The SMILES string of the molecule is CCCNC(Cc1c(C)nn(C)c1C)c1ccsc1C. The maximum absolute atomic E-state index is 4.54. The number of hydrogen-bond donors (Lipinski definition) is 1. The second-order valence-corrected chi connectivity index (χ2v) is 6.54. The molecule has 0 aliphatic carbocycles. The lowest BCUT2D eigenvalue weighted by molar-refractivity contribution is 0.526. The van der Waals surface area contributed by atoms with Crippen molar-refractivity contribution in [3.63, 3.8) is 0 Å². The number of nitrogens with zero attached hydrogens (tertiary/aromatic N) is 2. The minimum atomic E-state index is 0.391. The Labute approximate surface area is 126 Å². The van der Waals surface area contributed by atoms with E-state index in [1.807, 2.05) is 23.1 Å². The Bertz CT molecular complexity index is 568. The van der Waals surface area contributed by atoms with Crippen LogP contribution < -0.4 is 5.32 Å². The molecule has 3 nitrogen and oxygen atoms in total. The molecule has 0 bridgehead atoms. The summed E-state index contributed by atoms with van der Waals surface area (Å²) in [6.45, 7) is 9.75. The molecule has 0 saturated carbocycles. The maximum Gasteiger partial charge on any atom is 0.0629 e. The molecule has 0 fully saturated rings. The van der Waals surface area contributed by atoms with Gasteiger partial charge < -0.3 is 5.32 Å². The molecule has 2 rings (SSSR count). The lowest BCUT2D eigenvalue weighted by Gasteiger charge is -2.19. The van der Waals surface area contributed by atoms with Gasteiger partial charge in [-0.2, -0.15) is 5.10 Å². The molecule has 2 aromatic rings. The van der Waals surface area contributed by atoms with Gasteiger partial charge in [0.15, 0.2) is 0 Å². The first-order valence-electron chi connectivity index (χ1n) is 7.31. The van der Waals surface area contributed by atoms with Crippen LogP contribution in [0.3, 0.4) is 0 Å². The molecule has 0 saturated heterocycles. The minimum Gasteiger partial charge on any atom is -0.310 e. The zero-order valence-corrected chi connectivity index (χ0v) is 14.0. The minimum absolute atomic E-state index is 0.391. The largest absolute Gasteiger partial charge is 0.310 e. The fraction of sp³-hybridized carbons (Fsp3) is 0.562. The summed E-state index contributed by atoms with van der Waals surface area (Å²) in [6, 6.07) is 2.65. The summed E-state index contributed by atoms with van der Waals surface area (Å²) in [5.74, 6) is 0. The molecular formula is C16H25N3S. The Morgan fingerprint density at radius 3 is 2.60 bits per heavy atom. The summed E-state index contributed by atoms with van der Waals surface area (Å²) in [4.78, 5) is 1.41. The first kappa shape index (κ1) is 15.3. The fourth-order valence-corrected chi connectivity index (χ4v) is 3.45. The zero-order chi connectivity index (χ0) is 14.7. The normalized spacial score (nSPS) is 12.8. The van der Waals surface area contributed by atoms with Crippen LogP contribution in [-0.2, 0) is 13.5 Å². The topological polar surface area (TPSA) is 29.9 Å². The standard InChI is InChI=1S/C16H25N3S/c1-6-8-17-16(14-7-9-20-13(14)4)10-15-11(2)18-19(5)12(15)3/h7,9,16-17H,6,8,10H2,1-5H3. The Morgan fingerprint density at radius 1 is 1.35 bits per heavy atom. The van der Waals surface area contributed by atoms with E-state index in [1.165, 1.54) is 21.7 Å². The van der Waals surface area contributed by atoms with Crippen molar-refractivity contribution in [2.45, 2.75) is 46.6 Å². The summed E-state index contributed by atoms with van der Waals surface area (Å²) in [6.07, 6.45) is 2.17. The van der Waals surface area contributed by atoms with Crippen LogP contribution in [0.4, 0.5) is 0 Å². The number of hydrogen-bond acceptors (Lipinski definition) is 3. The van der Waals surface area contributed by atoms with E-state index >= 15 is 0 Å². The molecule has 0 amide bonds. The Balaban J connectivity index is 2.26. The monoisotopic (exact) mass is 291 g/mol. The number of nitrogens with one attached hydrogen (secondary N) is 1. The van der Waals surface area contributed by atoms with Gasteiger partial charge in [-0.15, -0.1) is 11.3 Å². The van der Waals surface area contributed by atoms with Crippen molar-refractivity contribution in [2.24, 2.45) is 7.05 Å². The summed E-state index contributed by atoms with van der Waals surface area (Å²) in [7, 11) is 2.02. The molecule has 4 heteroatoms. The smallest absolute Gasteiger partial charge is 0.0629 e. The lowest BCUT2D eigenvalue weighted by Crippen LogP contribution is -2.24. The first-order chi connectivity index (χ1) is 9.54. The highest BCUT2D eigenvalue weighted by molar-refractivity contribution is 7.10. The third kappa shape index (κ3) is 3.13. The Morgan fingerprint density at radius 2 is 2.10 bits per heavy atom. The van der Waals surface area contributed by atoms with E-state index in [4.69, 9.17) is 0 Å². The third-order valence-electron chi connectivity index (χ3n) is 3.98.